The number of hydrazine groups is 1. The van der Waals surface area contributed by atoms with Crippen molar-refractivity contribution in [2.45, 2.75) is 67.2 Å². The molecule has 0 unspecified atom stereocenters. The molecule has 0 radical (unpaired) electrons. The third-order valence-electron chi connectivity index (χ3n) is 7.93. The second-order valence-corrected chi connectivity index (χ2v) is 12.1. The first kappa shape index (κ1) is 35.5. The first-order chi connectivity index (χ1) is 21.6. The average molecular weight is 616 g/mol. The molecule has 0 spiro atoms. The maximum atomic E-state index is 12.7. The zero-order valence-corrected chi connectivity index (χ0v) is 28.7. The van der Waals surface area contributed by atoms with Gasteiger partial charge in [0, 0.05) is 37.9 Å². The molecule has 0 aromatic heterocycles. The molecule has 1 N–H and O–H groups in total. The summed E-state index contributed by atoms with van der Waals surface area (Å²) in [5.74, 6) is 1.48. The number of nitrogens with zero attached hydrogens (tertiary/aromatic N) is 2. The molecular formula is C38H53N3O4. The Morgan fingerprint density at radius 3 is 2.07 bits per heavy atom. The fourth-order valence-corrected chi connectivity index (χ4v) is 5.33. The van der Waals surface area contributed by atoms with Gasteiger partial charge in [-0.2, -0.15) is 0 Å². The molecule has 45 heavy (non-hydrogen) atoms. The largest absolute Gasteiger partial charge is 0.493 e. The summed E-state index contributed by atoms with van der Waals surface area (Å²) in [7, 11) is 3.21. The van der Waals surface area contributed by atoms with Crippen LogP contribution in [-0.4, -0.2) is 57.9 Å². The van der Waals surface area contributed by atoms with Crippen molar-refractivity contribution >= 4 is 17.7 Å². The number of ether oxygens (including phenoxy) is 3. The Balaban J connectivity index is 1.51. The normalized spacial score (nSPS) is 14.4. The van der Waals surface area contributed by atoms with Gasteiger partial charge in [-0.1, -0.05) is 46.6 Å². The molecule has 7 heteroatoms. The van der Waals surface area contributed by atoms with Gasteiger partial charge in [-0.15, -0.1) is 0 Å². The number of nitrogens with one attached hydrogen (secondary N) is 1. The first-order valence-corrected chi connectivity index (χ1v) is 16.0. The number of piperazine rings is 1. The standard InChI is InChI=1S/C38H53N3O4/c1-28(2)11-9-12-29(3)13-10-14-30(4)19-24-45-38-35(43-7)26-33(27-36(38)44-8)16-18-37(42)39-41-22-20-40(21-23-41)34-17-15-31(5)25-32(34)6/h11,13,15-19,25-27H,9-10,12,14,20-24H2,1-8H3,(H,39,42)/b18-16+,29-13?,30-19?. The van der Waals surface area contributed by atoms with Gasteiger partial charge in [0.25, 0.3) is 5.91 Å². The van der Waals surface area contributed by atoms with Crippen LogP contribution >= 0.6 is 0 Å². The molecule has 0 saturated carbocycles. The number of rotatable bonds is 15. The zero-order chi connectivity index (χ0) is 32.8. The number of amides is 1. The summed E-state index contributed by atoms with van der Waals surface area (Å²) in [4.78, 5) is 15.1. The molecule has 1 aliphatic heterocycles. The molecule has 1 amide bonds. The van der Waals surface area contributed by atoms with Gasteiger partial charge in [-0.3, -0.25) is 10.2 Å². The number of methoxy groups -OCH3 is 2. The maximum Gasteiger partial charge on any atom is 0.258 e. The second kappa shape index (κ2) is 18.1. The van der Waals surface area contributed by atoms with Crippen LogP contribution in [-0.2, 0) is 4.79 Å². The molecule has 1 aliphatic rings. The van der Waals surface area contributed by atoms with E-state index in [9.17, 15) is 4.79 Å². The summed E-state index contributed by atoms with van der Waals surface area (Å²) in [5.41, 5.74) is 11.7. The summed E-state index contributed by atoms with van der Waals surface area (Å²) in [6, 6.07) is 10.3. The van der Waals surface area contributed by atoms with Crippen molar-refractivity contribution < 1.29 is 19.0 Å². The number of benzene rings is 2. The number of aryl methyl sites for hydroxylation is 2. The van der Waals surface area contributed by atoms with Gasteiger partial charge >= 0.3 is 0 Å². The number of hydrogen-bond acceptors (Lipinski definition) is 6. The van der Waals surface area contributed by atoms with E-state index in [4.69, 9.17) is 14.2 Å². The minimum atomic E-state index is -0.174. The van der Waals surface area contributed by atoms with E-state index in [-0.39, 0.29) is 5.91 Å². The fraction of sp³-hybridized carbons (Fsp3) is 0.447. The summed E-state index contributed by atoms with van der Waals surface area (Å²) >= 11 is 0. The summed E-state index contributed by atoms with van der Waals surface area (Å²) in [5, 5.41) is 1.98. The highest BCUT2D eigenvalue weighted by Crippen LogP contribution is 2.39. The minimum Gasteiger partial charge on any atom is -0.493 e. The molecular weight excluding hydrogens is 562 g/mol. The van der Waals surface area contributed by atoms with Gasteiger partial charge in [0.15, 0.2) is 11.5 Å². The Morgan fingerprint density at radius 1 is 0.844 bits per heavy atom. The van der Waals surface area contributed by atoms with E-state index in [2.05, 4.69) is 88.3 Å². The number of allylic oxidation sites excluding steroid dienone is 5. The highest BCUT2D eigenvalue weighted by Gasteiger charge is 2.19. The van der Waals surface area contributed by atoms with Crippen molar-refractivity contribution in [1.29, 1.82) is 0 Å². The predicted octanol–water partition coefficient (Wildman–Crippen LogP) is 7.99. The molecule has 0 bridgehead atoms. The van der Waals surface area contributed by atoms with Crippen molar-refractivity contribution in [1.82, 2.24) is 10.4 Å². The Morgan fingerprint density at radius 2 is 1.47 bits per heavy atom. The molecule has 7 nitrogen and oxygen atoms in total. The lowest BCUT2D eigenvalue weighted by molar-refractivity contribution is -0.121. The van der Waals surface area contributed by atoms with Crippen LogP contribution in [0.2, 0.25) is 0 Å². The van der Waals surface area contributed by atoms with Crippen molar-refractivity contribution in [2.24, 2.45) is 0 Å². The Kier molecular flexibility index (Phi) is 14.3. The monoisotopic (exact) mass is 615 g/mol. The minimum absolute atomic E-state index is 0.174. The molecule has 1 saturated heterocycles. The first-order valence-electron chi connectivity index (χ1n) is 16.0. The van der Waals surface area contributed by atoms with Gasteiger partial charge in [-0.05, 0) is 109 Å². The van der Waals surface area contributed by atoms with Crippen LogP contribution in [0.5, 0.6) is 17.2 Å². The lowest BCUT2D eigenvalue weighted by Crippen LogP contribution is -2.53. The summed E-state index contributed by atoms with van der Waals surface area (Å²) in [6.07, 6.45) is 14.3. The van der Waals surface area contributed by atoms with Gasteiger partial charge in [0.05, 0.1) is 14.2 Å². The van der Waals surface area contributed by atoms with Crippen LogP contribution in [0.4, 0.5) is 5.69 Å². The average Bonchev–Trinajstić information content (AvgIpc) is 3.00. The van der Waals surface area contributed by atoms with E-state index in [0.29, 0.717) is 23.9 Å². The predicted molar refractivity (Wildman–Crippen MR) is 187 cm³/mol. The maximum absolute atomic E-state index is 12.7. The van der Waals surface area contributed by atoms with Crippen molar-refractivity contribution in [2.75, 3.05) is 51.9 Å². The van der Waals surface area contributed by atoms with Crippen molar-refractivity contribution in [3.05, 3.63) is 88.0 Å². The van der Waals surface area contributed by atoms with Crippen LogP contribution in [0, 0.1) is 13.8 Å². The van der Waals surface area contributed by atoms with E-state index in [1.807, 2.05) is 17.1 Å². The zero-order valence-electron chi connectivity index (χ0n) is 28.7. The van der Waals surface area contributed by atoms with E-state index >= 15 is 0 Å². The highest BCUT2D eigenvalue weighted by atomic mass is 16.5. The van der Waals surface area contributed by atoms with Gasteiger partial charge in [-0.25, -0.2) is 5.01 Å². The SMILES string of the molecule is COc1cc(/C=C/C(=O)NN2CCN(c3ccc(C)cc3C)CC2)cc(OC)c1OCC=C(C)CCC=C(C)CCC=C(C)C. The van der Waals surface area contributed by atoms with Crippen LogP contribution < -0.4 is 24.5 Å². The van der Waals surface area contributed by atoms with Crippen molar-refractivity contribution in [3.63, 3.8) is 0 Å². The van der Waals surface area contributed by atoms with E-state index < -0.39 is 0 Å². The quantitative estimate of drug-likeness (QED) is 0.162. The van der Waals surface area contributed by atoms with Crippen LogP contribution in [0.3, 0.4) is 0 Å². The third-order valence-corrected chi connectivity index (χ3v) is 7.93. The third kappa shape index (κ3) is 11.8. The fourth-order valence-electron chi connectivity index (χ4n) is 5.33. The van der Waals surface area contributed by atoms with E-state index in [1.165, 1.54) is 39.6 Å². The number of carbonyl (C=O) groups excluding carboxylic acids is 1. The summed E-state index contributed by atoms with van der Waals surface area (Å²) in [6.45, 7) is 16.5. The molecule has 0 atom stereocenters. The van der Waals surface area contributed by atoms with Crippen LogP contribution in [0.1, 0.15) is 70.1 Å². The van der Waals surface area contributed by atoms with E-state index in [1.54, 1.807) is 20.3 Å². The number of hydrogen-bond donors (Lipinski definition) is 1. The Hall–Kier alpha value is -3.97. The topological polar surface area (TPSA) is 63.3 Å². The van der Waals surface area contributed by atoms with Gasteiger partial charge in [0.2, 0.25) is 5.75 Å². The molecule has 2 aromatic carbocycles. The smallest absolute Gasteiger partial charge is 0.258 e. The molecule has 3 rings (SSSR count). The molecule has 2 aromatic rings. The summed E-state index contributed by atoms with van der Waals surface area (Å²) < 4.78 is 17.4. The van der Waals surface area contributed by atoms with Crippen LogP contribution in [0.25, 0.3) is 6.08 Å². The lowest BCUT2D eigenvalue weighted by atomic mass is 10.1. The molecule has 244 valence electrons. The van der Waals surface area contributed by atoms with E-state index in [0.717, 1.165) is 57.4 Å². The molecule has 0 aliphatic carbocycles. The lowest BCUT2D eigenvalue weighted by Gasteiger charge is -2.36. The number of carbonyl (C=O) groups is 1. The number of anilines is 1. The van der Waals surface area contributed by atoms with Gasteiger partial charge < -0.3 is 19.1 Å². The molecule has 1 heterocycles. The van der Waals surface area contributed by atoms with Crippen LogP contribution in [0.15, 0.2) is 71.4 Å². The van der Waals surface area contributed by atoms with Gasteiger partial charge in [0.1, 0.15) is 6.61 Å². The van der Waals surface area contributed by atoms with Crippen molar-refractivity contribution in [3.8, 4) is 17.2 Å². The molecule has 1 fully saturated rings. The Labute approximate surface area is 271 Å². The highest BCUT2D eigenvalue weighted by molar-refractivity contribution is 5.91. The second-order valence-electron chi connectivity index (χ2n) is 12.1. The Bertz CT molecular complexity index is 1370.